The molecule has 22 heavy (non-hydrogen) atoms. The van der Waals surface area contributed by atoms with Crippen LogP contribution in [0.15, 0.2) is 57.9 Å². The van der Waals surface area contributed by atoms with Crippen LogP contribution in [0.2, 0.25) is 0 Å². The number of benzene rings is 2. The fourth-order valence-electron chi connectivity index (χ4n) is 1.91. The van der Waals surface area contributed by atoms with E-state index in [1.807, 2.05) is 0 Å². The first-order valence-electron chi connectivity index (χ1n) is 6.73. The van der Waals surface area contributed by atoms with Gasteiger partial charge in [-0.15, -0.1) is 0 Å². The van der Waals surface area contributed by atoms with Crippen molar-refractivity contribution in [1.82, 2.24) is 0 Å². The van der Waals surface area contributed by atoms with Crippen molar-refractivity contribution in [3.8, 4) is 5.75 Å². The minimum atomic E-state index is -3.34. The first-order valence-corrected chi connectivity index (χ1v) is 9.18. The molecule has 0 aliphatic carbocycles. The van der Waals surface area contributed by atoms with Gasteiger partial charge in [0.05, 0.1) is 16.2 Å². The van der Waals surface area contributed by atoms with Gasteiger partial charge in [-0.3, -0.25) is 0 Å². The third-order valence-corrected chi connectivity index (χ3v) is 5.55. The van der Waals surface area contributed by atoms with Crippen molar-refractivity contribution < 1.29 is 17.9 Å². The molecule has 0 fully saturated rings. The Morgan fingerprint density at radius 2 is 1.86 bits per heavy atom. The molecule has 6 heteroatoms. The average molecular weight is 383 g/mol. The summed E-state index contributed by atoms with van der Waals surface area (Å²) in [5.74, 6) is -0.273. The van der Waals surface area contributed by atoms with Gasteiger partial charge in [0.2, 0.25) is 0 Å². The quantitative estimate of drug-likeness (QED) is 0.581. The van der Waals surface area contributed by atoms with E-state index >= 15 is 0 Å². The molecule has 4 nitrogen and oxygen atoms in total. The van der Waals surface area contributed by atoms with Crippen LogP contribution in [0.25, 0.3) is 0 Å². The van der Waals surface area contributed by atoms with Crippen LogP contribution in [-0.4, -0.2) is 20.1 Å². The number of ether oxygens (including phenoxy) is 1. The predicted octanol–water partition coefficient (Wildman–Crippen LogP) is 3.85. The molecule has 0 N–H and O–H groups in total. The zero-order chi connectivity index (χ0) is 16.2. The lowest BCUT2D eigenvalue weighted by molar-refractivity contribution is 0.0733. The predicted molar refractivity (Wildman–Crippen MR) is 87.9 cm³/mol. The highest BCUT2D eigenvalue weighted by Crippen LogP contribution is 2.22. The van der Waals surface area contributed by atoms with Crippen LogP contribution in [0.4, 0.5) is 0 Å². The molecular formula is C16H15BrO4S. The van der Waals surface area contributed by atoms with Gasteiger partial charge in [-0.2, -0.15) is 0 Å². The number of halogens is 1. The van der Waals surface area contributed by atoms with Crippen molar-refractivity contribution in [3.05, 3.63) is 58.6 Å². The maximum atomic E-state index is 12.1. The third-order valence-electron chi connectivity index (χ3n) is 2.94. The van der Waals surface area contributed by atoms with Crippen LogP contribution in [0.1, 0.15) is 23.7 Å². The van der Waals surface area contributed by atoms with Gasteiger partial charge in [0.1, 0.15) is 5.75 Å². The maximum Gasteiger partial charge on any atom is 0.344 e. The van der Waals surface area contributed by atoms with E-state index in [0.29, 0.717) is 16.5 Å². The Morgan fingerprint density at radius 3 is 2.55 bits per heavy atom. The van der Waals surface area contributed by atoms with E-state index in [4.69, 9.17) is 4.74 Å². The molecule has 0 atom stereocenters. The lowest BCUT2D eigenvalue weighted by atomic mass is 10.2. The average Bonchev–Trinajstić information content (AvgIpc) is 2.48. The highest BCUT2D eigenvalue weighted by molar-refractivity contribution is 9.10. The van der Waals surface area contributed by atoms with Crippen molar-refractivity contribution in [2.24, 2.45) is 0 Å². The van der Waals surface area contributed by atoms with Gasteiger partial charge in [-0.1, -0.05) is 25.1 Å². The molecule has 0 amide bonds. The summed E-state index contributed by atoms with van der Waals surface area (Å²) in [4.78, 5) is 12.3. The van der Waals surface area contributed by atoms with Gasteiger partial charge in [-0.25, -0.2) is 13.2 Å². The van der Waals surface area contributed by atoms with Gasteiger partial charge in [-0.05, 0) is 52.7 Å². The van der Waals surface area contributed by atoms with E-state index in [1.165, 1.54) is 12.1 Å². The smallest absolute Gasteiger partial charge is 0.344 e. The zero-order valence-corrected chi connectivity index (χ0v) is 14.4. The largest absolute Gasteiger partial charge is 0.423 e. The molecule has 0 saturated heterocycles. The molecule has 0 aromatic heterocycles. The summed E-state index contributed by atoms with van der Waals surface area (Å²) in [7, 11) is -3.34. The van der Waals surface area contributed by atoms with Crippen LogP contribution in [0.3, 0.4) is 0 Å². The highest BCUT2D eigenvalue weighted by Gasteiger charge is 2.16. The highest BCUT2D eigenvalue weighted by atomic mass is 79.9. The van der Waals surface area contributed by atoms with Gasteiger partial charge >= 0.3 is 5.97 Å². The molecule has 2 aromatic rings. The minimum Gasteiger partial charge on any atom is -0.423 e. The maximum absolute atomic E-state index is 12.1. The van der Waals surface area contributed by atoms with Crippen molar-refractivity contribution >= 4 is 31.7 Å². The van der Waals surface area contributed by atoms with E-state index in [1.54, 1.807) is 43.3 Å². The summed E-state index contributed by atoms with van der Waals surface area (Å²) in [5, 5.41) is 0. The third kappa shape index (κ3) is 3.96. The van der Waals surface area contributed by atoms with Gasteiger partial charge in [0.15, 0.2) is 9.84 Å². The molecule has 0 radical (unpaired) electrons. The summed E-state index contributed by atoms with van der Waals surface area (Å²) in [6.07, 6.45) is 0.531. The topological polar surface area (TPSA) is 60.4 Å². The molecule has 2 aromatic carbocycles. The normalized spacial score (nSPS) is 11.2. The Bertz CT molecular complexity index is 784. The van der Waals surface area contributed by atoms with Crippen LogP contribution in [0.5, 0.6) is 5.75 Å². The van der Waals surface area contributed by atoms with Crippen LogP contribution >= 0.6 is 15.9 Å². The molecule has 0 aliphatic heterocycles. The molecule has 2 rings (SSSR count). The molecule has 0 saturated carbocycles. The Hall–Kier alpha value is -1.66. The van der Waals surface area contributed by atoms with Crippen molar-refractivity contribution in [2.45, 2.75) is 18.2 Å². The number of hydrogen-bond acceptors (Lipinski definition) is 4. The zero-order valence-electron chi connectivity index (χ0n) is 12.0. The number of rotatable bonds is 5. The first kappa shape index (κ1) is 16.7. The number of sulfone groups is 1. The van der Waals surface area contributed by atoms with E-state index in [-0.39, 0.29) is 16.4 Å². The molecule has 0 spiro atoms. The van der Waals surface area contributed by atoms with Crippen LogP contribution in [0, 0.1) is 0 Å². The lowest BCUT2D eigenvalue weighted by Crippen LogP contribution is -2.10. The number of carbonyl (C=O) groups excluding carboxylic acids is 1. The SMILES string of the molecule is CCCS(=O)(=O)c1cccc(OC(=O)c2ccccc2Br)c1. The summed E-state index contributed by atoms with van der Waals surface area (Å²) >= 11 is 3.28. The van der Waals surface area contributed by atoms with Crippen molar-refractivity contribution in [3.63, 3.8) is 0 Å². The monoisotopic (exact) mass is 382 g/mol. The number of hydrogen-bond donors (Lipinski definition) is 0. The lowest BCUT2D eigenvalue weighted by Gasteiger charge is -2.08. The van der Waals surface area contributed by atoms with Crippen LogP contribution in [-0.2, 0) is 9.84 Å². The number of esters is 1. The molecular weight excluding hydrogens is 368 g/mol. The summed E-state index contributed by atoms with van der Waals surface area (Å²) in [6.45, 7) is 1.80. The second kappa shape index (κ2) is 7.07. The Balaban J connectivity index is 2.25. The van der Waals surface area contributed by atoms with E-state index < -0.39 is 15.8 Å². The summed E-state index contributed by atoms with van der Waals surface area (Å²) < 4.78 is 30.0. The molecule has 0 aliphatic rings. The summed E-state index contributed by atoms with van der Waals surface area (Å²) in [6, 6.07) is 12.9. The second-order valence-electron chi connectivity index (χ2n) is 4.66. The van der Waals surface area contributed by atoms with E-state index in [0.717, 1.165) is 0 Å². The molecule has 0 bridgehead atoms. The standard InChI is InChI=1S/C16H15BrO4S/c1-2-10-22(19,20)13-7-5-6-12(11-13)21-16(18)14-8-3-4-9-15(14)17/h3-9,11H,2,10H2,1H3. The van der Waals surface area contributed by atoms with E-state index in [9.17, 15) is 13.2 Å². The first-order chi connectivity index (χ1) is 10.4. The molecule has 116 valence electrons. The summed E-state index contributed by atoms with van der Waals surface area (Å²) in [5.41, 5.74) is 0.379. The van der Waals surface area contributed by atoms with Gasteiger partial charge in [0, 0.05) is 4.47 Å². The second-order valence-corrected chi connectivity index (χ2v) is 7.63. The Morgan fingerprint density at radius 1 is 1.14 bits per heavy atom. The fourth-order valence-corrected chi connectivity index (χ4v) is 3.71. The van der Waals surface area contributed by atoms with Gasteiger partial charge < -0.3 is 4.74 Å². The Kier molecular flexibility index (Phi) is 5.37. The van der Waals surface area contributed by atoms with E-state index in [2.05, 4.69) is 15.9 Å². The van der Waals surface area contributed by atoms with Crippen LogP contribution < -0.4 is 4.74 Å². The van der Waals surface area contributed by atoms with Gasteiger partial charge in [0.25, 0.3) is 0 Å². The Labute approximate surface area is 138 Å². The minimum absolute atomic E-state index is 0.0641. The van der Waals surface area contributed by atoms with Crippen molar-refractivity contribution in [1.29, 1.82) is 0 Å². The fraction of sp³-hybridized carbons (Fsp3) is 0.188. The molecule has 0 unspecified atom stereocenters. The molecule has 0 heterocycles. The number of carbonyl (C=O) groups is 1. The van der Waals surface area contributed by atoms with Crippen molar-refractivity contribution in [2.75, 3.05) is 5.75 Å².